The van der Waals surface area contributed by atoms with Crippen LogP contribution in [0.1, 0.15) is 23.7 Å². The highest BCUT2D eigenvalue weighted by molar-refractivity contribution is 6.04. The van der Waals surface area contributed by atoms with Gasteiger partial charge in [-0.1, -0.05) is 6.58 Å². The monoisotopic (exact) mass is 416 g/mol. The van der Waals surface area contributed by atoms with Gasteiger partial charge in [0.2, 0.25) is 5.91 Å². The molecule has 2 aromatic rings. The number of anilines is 1. The number of aromatic nitrogens is 3. The van der Waals surface area contributed by atoms with Crippen molar-refractivity contribution in [2.24, 2.45) is 0 Å². The van der Waals surface area contributed by atoms with E-state index >= 15 is 0 Å². The Morgan fingerprint density at radius 2 is 2.27 bits per heavy atom. The fourth-order valence-corrected chi connectivity index (χ4v) is 3.60. The van der Waals surface area contributed by atoms with E-state index in [9.17, 15) is 9.59 Å². The second kappa shape index (κ2) is 9.68. The summed E-state index contributed by atoms with van der Waals surface area (Å²) in [6, 6.07) is -0.308. The highest BCUT2D eigenvalue weighted by Crippen LogP contribution is 2.21. The lowest BCUT2D eigenvalue weighted by Gasteiger charge is -2.37. The van der Waals surface area contributed by atoms with Gasteiger partial charge < -0.3 is 30.0 Å². The summed E-state index contributed by atoms with van der Waals surface area (Å²) in [5.41, 5.74) is 1.38. The van der Waals surface area contributed by atoms with Gasteiger partial charge in [-0.3, -0.25) is 9.59 Å². The number of hydrogen-bond donors (Lipinski definition) is 3. The molecule has 30 heavy (non-hydrogen) atoms. The lowest BCUT2D eigenvalue weighted by Crippen LogP contribution is -2.52. The van der Waals surface area contributed by atoms with Gasteiger partial charge in [0.05, 0.1) is 30.5 Å². The summed E-state index contributed by atoms with van der Waals surface area (Å²) in [6.45, 7) is 6.89. The van der Waals surface area contributed by atoms with Gasteiger partial charge in [-0.05, 0) is 19.4 Å². The van der Waals surface area contributed by atoms with E-state index in [1.807, 2.05) is 6.92 Å². The molecule has 1 aliphatic heterocycles. The number of nitrogens with zero attached hydrogens (tertiary/aromatic N) is 3. The van der Waals surface area contributed by atoms with E-state index in [4.69, 9.17) is 9.47 Å². The van der Waals surface area contributed by atoms with Crippen molar-refractivity contribution in [2.45, 2.75) is 31.5 Å². The molecular formula is C20H28N6O4. The summed E-state index contributed by atoms with van der Waals surface area (Å²) in [7, 11) is 3.23. The van der Waals surface area contributed by atoms with Crippen LogP contribution in [0.3, 0.4) is 0 Å². The maximum atomic E-state index is 12.6. The molecule has 0 aliphatic carbocycles. The first kappa shape index (κ1) is 21.7. The molecule has 3 N–H and O–H groups in total. The molecule has 3 heterocycles. The Bertz CT molecular complexity index is 914. The molecule has 0 spiro atoms. The number of piperidine rings is 1. The number of amides is 2. The predicted octanol–water partition coefficient (Wildman–Crippen LogP) is 0.936. The molecule has 2 aromatic heterocycles. The number of rotatable bonds is 8. The van der Waals surface area contributed by atoms with Gasteiger partial charge in [0.1, 0.15) is 11.3 Å². The molecule has 3 rings (SSSR count). The Kier molecular flexibility index (Phi) is 7.01. The van der Waals surface area contributed by atoms with Gasteiger partial charge in [0.25, 0.3) is 5.91 Å². The average Bonchev–Trinajstić information content (AvgIpc) is 3.16. The number of fused-ring (bicyclic) bond motifs is 1. The van der Waals surface area contributed by atoms with Crippen LogP contribution in [0.25, 0.3) is 11.2 Å². The highest BCUT2D eigenvalue weighted by atomic mass is 16.5. The molecule has 0 saturated carbocycles. The lowest BCUT2D eigenvalue weighted by molar-refractivity contribution is -0.128. The molecule has 0 radical (unpaired) electrons. The van der Waals surface area contributed by atoms with Crippen LogP contribution in [0, 0.1) is 0 Å². The van der Waals surface area contributed by atoms with E-state index < -0.39 is 0 Å². The Balaban J connectivity index is 1.79. The number of aromatic amines is 1. The molecule has 1 fully saturated rings. The number of methoxy groups -OCH3 is 2. The quantitative estimate of drug-likeness (QED) is 0.548. The third-order valence-electron chi connectivity index (χ3n) is 5.09. The van der Waals surface area contributed by atoms with Crippen LogP contribution >= 0.6 is 0 Å². The van der Waals surface area contributed by atoms with Gasteiger partial charge >= 0.3 is 0 Å². The highest BCUT2D eigenvalue weighted by Gasteiger charge is 2.31. The van der Waals surface area contributed by atoms with Crippen molar-refractivity contribution in [2.75, 3.05) is 39.2 Å². The third kappa shape index (κ3) is 4.77. The first-order valence-corrected chi connectivity index (χ1v) is 9.81. The topological polar surface area (TPSA) is 121 Å². The zero-order chi connectivity index (χ0) is 21.7. The molecule has 10 nitrogen and oxygen atoms in total. The van der Waals surface area contributed by atoms with Crippen LogP contribution in [0.15, 0.2) is 25.0 Å². The maximum absolute atomic E-state index is 12.6. The molecule has 0 bridgehead atoms. The maximum Gasteiger partial charge on any atom is 0.255 e. The van der Waals surface area contributed by atoms with E-state index in [-0.39, 0.29) is 30.0 Å². The SMILES string of the molecule is C=CC(=O)N1CC[C@@H](OC)[C@@H](Nc2cnc3[nH]cc(C(=O)N[C@H](C)COC)c3n2)C1. The fourth-order valence-electron chi connectivity index (χ4n) is 3.60. The van der Waals surface area contributed by atoms with Crippen LogP contribution in [0.5, 0.6) is 0 Å². The molecule has 1 aliphatic rings. The molecule has 2 amide bonds. The summed E-state index contributed by atoms with van der Waals surface area (Å²) in [5.74, 6) is 0.126. The first-order valence-electron chi connectivity index (χ1n) is 9.81. The van der Waals surface area contributed by atoms with Crippen molar-refractivity contribution in [1.82, 2.24) is 25.2 Å². The van der Waals surface area contributed by atoms with E-state index in [0.29, 0.717) is 48.7 Å². The van der Waals surface area contributed by atoms with Crippen molar-refractivity contribution in [3.8, 4) is 0 Å². The standard InChI is InChI=1S/C20H28N6O4/c1-5-17(27)26-7-6-15(30-4)14(10-26)24-16-9-22-19-18(25-16)13(8-21-19)20(28)23-12(2)11-29-3/h5,8-9,12,14-15H,1,6-7,10-11H2,2-4H3,(H,21,22)(H,23,28)(H,24,25)/t12-,14+,15-/m1/s1. The minimum atomic E-state index is -0.257. The second-order valence-corrected chi connectivity index (χ2v) is 7.29. The van der Waals surface area contributed by atoms with Crippen LogP contribution in [-0.2, 0) is 14.3 Å². The van der Waals surface area contributed by atoms with Gasteiger partial charge in [-0.15, -0.1) is 0 Å². The number of carbonyl (C=O) groups is 2. The minimum absolute atomic E-state index is 0.0831. The number of likely N-dealkylation sites (tertiary alicyclic amines) is 1. The van der Waals surface area contributed by atoms with E-state index in [2.05, 4.69) is 32.2 Å². The van der Waals surface area contributed by atoms with Crippen molar-refractivity contribution >= 4 is 28.8 Å². The van der Waals surface area contributed by atoms with Gasteiger partial charge in [0, 0.05) is 39.5 Å². The molecule has 162 valence electrons. The smallest absolute Gasteiger partial charge is 0.255 e. The van der Waals surface area contributed by atoms with Crippen LogP contribution in [0.4, 0.5) is 5.82 Å². The van der Waals surface area contributed by atoms with Crippen molar-refractivity contribution in [3.05, 3.63) is 30.6 Å². The predicted molar refractivity (Wildman–Crippen MR) is 112 cm³/mol. The number of carbonyl (C=O) groups excluding carboxylic acids is 2. The largest absolute Gasteiger partial charge is 0.383 e. The summed E-state index contributed by atoms with van der Waals surface area (Å²) in [5, 5.41) is 6.18. The molecule has 0 aromatic carbocycles. The van der Waals surface area contributed by atoms with Crippen molar-refractivity contribution < 1.29 is 19.1 Å². The Morgan fingerprint density at radius 3 is 2.97 bits per heavy atom. The third-order valence-corrected chi connectivity index (χ3v) is 5.09. The average molecular weight is 416 g/mol. The van der Waals surface area contributed by atoms with Crippen LogP contribution < -0.4 is 10.6 Å². The summed E-state index contributed by atoms with van der Waals surface area (Å²) in [4.78, 5) is 38.3. The second-order valence-electron chi connectivity index (χ2n) is 7.29. The number of ether oxygens (including phenoxy) is 2. The number of hydrogen-bond acceptors (Lipinski definition) is 7. The molecule has 1 saturated heterocycles. The summed E-state index contributed by atoms with van der Waals surface area (Å²) < 4.78 is 10.6. The van der Waals surface area contributed by atoms with Gasteiger partial charge in [-0.25, -0.2) is 9.97 Å². The molecule has 0 unspecified atom stereocenters. The molecule has 3 atom stereocenters. The molecular weight excluding hydrogens is 388 g/mol. The van der Waals surface area contributed by atoms with Gasteiger partial charge in [-0.2, -0.15) is 0 Å². The van der Waals surface area contributed by atoms with Crippen LogP contribution in [0.2, 0.25) is 0 Å². The summed E-state index contributed by atoms with van der Waals surface area (Å²) >= 11 is 0. The Morgan fingerprint density at radius 1 is 1.47 bits per heavy atom. The normalized spacial score (nSPS) is 20.0. The lowest BCUT2D eigenvalue weighted by atomic mass is 10.0. The molecule has 10 heteroatoms. The fraction of sp³-hybridized carbons (Fsp3) is 0.500. The zero-order valence-corrected chi connectivity index (χ0v) is 17.5. The van der Waals surface area contributed by atoms with E-state index in [0.717, 1.165) is 0 Å². The number of H-pyrrole nitrogens is 1. The Hall–Kier alpha value is -2.98. The minimum Gasteiger partial charge on any atom is -0.383 e. The van der Waals surface area contributed by atoms with Crippen molar-refractivity contribution in [3.63, 3.8) is 0 Å². The Labute approximate surface area is 175 Å². The van der Waals surface area contributed by atoms with E-state index in [1.165, 1.54) is 6.08 Å². The zero-order valence-electron chi connectivity index (χ0n) is 17.5. The van der Waals surface area contributed by atoms with Crippen LogP contribution in [-0.4, -0.2) is 83.8 Å². The van der Waals surface area contributed by atoms with E-state index in [1.54, 1.807) is 31.5 Å². The first-order chi connectivity index (χ1) is 14.5. The van der Waals surface area contributed by atoms with Crippen molar-refractivity contribution in [1.29, 1.82) is 0 Å². The number of nitrogens with one attached hydrogen (secondary N) is 3. The van der Waals surface area contributed by atoms with Gasteiger partial charge in [0.15, 0.2) is 5.65 Å². The summed E-state index contributed by atoms with van der Waals surface area (Å²) in [6.07, 6.45) is 5.10.